The number of nitro groups is 1. The molecule has 2 rings (SSSR count). The van der Waals surface area contributed by atoms with Gasteiger partial charge in [0.05, 0.1) is 10.6 Å². The third kappa shape index (κ3) is 6.34. The molecule has 0 spiro atoms. The van der Waals surface area contributed by atoms with Crippen molar-refractivity contribution in [3.05, 3.63) is 70.3 Å². The lowest BCUT2D eigenvalue weighted by atomic mass is 10.1. The molecular formula is C18H16F5N3O6. The fraction of sp³-hybridized carbons (Fsp3) is 0.222. The zero-order chi connectivity index (χ0) is 24.7. The fourth-order valence-corrected chi connectivity index (χ4v) is 2.15. The van der Waals surface area contributed by atoms with Crippen LogP contribution in [0.1, 0.15) is 5.56 Å². The molecule has 2 atom stereocenters. The number of aliphatic carboxylic acids is 2. The smallest absolute Gasteiger partial charge is 0.456 e. The van der Waals surface area contributed by atoms with E-state index in [1.807, 2.05) is 0 Å². The van der Waals surface area contributed by atoms with E-state index in [2.05, 4.69) is 0 Å². The van der Waals surface area contributed by atoms with E-state index in [1.54, 1.807) is 0 Å². The third-order valence-electron chi connectivity index (χ3n) is 3.83. The van der Waals surface area contributed by atoms with Crippen LogP contribution >= 0.6 is 0 Å². The van der Waals surface area contributed by atoms with Crippen molar-refractivity contribution in [3.8, 4) is 0 Å². The number of halogens is 5. The van der Waals surface area contributed by atoms with Crippen molar-refractivity contribution in [3.63, 3.8) is 0 Å². The van der Waals surface area contributed by atoms with E-state index in [4.69, 9.17) is 15.9 Å². The molecule has 0 aliphatic rings. The van der Waals surface area contributed by atoms with Gasteiger partial charge in [0.1, 0.15) is 6.04 Å². The molecule has 0 aromatic heterocycles. The average molecular weight is 465 g/mol. The van der Waals surface area contributed by atoms with Gasteiger partial charge in [-0.05, 0) is 24.1 Å². The van der Waals surface area contributed by atoms with Gasteiger partial charge in [-0.3, -0.25) is 14.9 Å². The number of hydrogen-bond donors (Lipinski definition) is 3. The van der Waals surface area contributed by atoms with E-state index < -0.39 is 45.7 Å². The molecule has 0 unspecified atom stereocenters. The molecule has 14 heteroatoms. The van der Waals surface area contributed by atoms with E-state index in [9.17, 15) is 41.7 Å². The highest BCUT2D eigenvalue weighted by atomic mass is 19.4. The molecule has 32 heavy (non-hydrogen) atoms. The van der Waals surface area contributed by atoms with Crippen LogP contribution in [0.5, 0.6) is 0 Å². The van der Waals surface area contributed by atoms with Gasteiger partial charge >= 0.3 is 23.9 Å². The van der Waals surface area contributed by atoms with Crippen LogP contribution in [0, 0.1) is 10.1 Å². The number of hydrogen-bond acceptors (Lipinski definition) is 6. The van der Waals surface area contributed by atoms with Crippen LogP contribution in [-0.4, -0.2) is 45.1 Å². The predicted molar refractivity (Wildman–Crippen MR) is 100.0 cm³/mol. The van der Waals surface area contributed by atoms with E-state index >= 15 is 0 Å². The molecule has 0 saturated carbocycles. The van der Waals surface area contributed by atoms with Crippen molar-refractivity contribution >= 4 is 23.3 Å². The summed E-state index contributed by atoms with van der Waals surface area (Å²) in [4.78, 5) is 30.6. The fourth-order valence-electron chi connectivity index (χ4n) is 2.15. The summed E-state index contributed by atoms with van der Waals surface area (Å²) < 4.78 is 63.4. The number of rotatable bonds is 7. The van der Waals surface area contributed by atoms with Crippen LogP contribution in [0.4, 0.5) is 33.4 Å². The summed E-state index contributed by atoms with van der Waals surface area (Å²) in [5.41, 5.74) is 5.10. The first-order chi connectivity index (χ1) is 14.7. The lowest BCUT2D eigenvalue weighted by Gasteiger charge is -2.29. The molecule has 0 bridgehead atoms. The summed E-state index contributed by atoms with van der Waals surface area (Å²) in [5.74, 6) is -9.18. The lowest BCUT2D eigenvalue weighted by molar-refractivity contribution is -0.384. The first-order valence-electron chi connectivity index (χ1n) is 8.43. The Morgan fingerprint density at radius 2 is 1.53 bits per heavy atom. The van der Waals surface area contributed by atoms with Gasteiger partial charge in [-0.2, -0.15) is 22.7 Å². The highest BCUT2D eigenvalue weighted by molar-refractivity contribution is 5.82. The zero-order valence-corrected chi connectivity index (χ0v) is 15.9. The molecule has 0 aliphatic carbocycles. The second-order valence-electron chi connectivity index (χ2n) is 6.11. The average Bonchev–Trinajstić information content (AvgIpc) is 2.73. The Hall–Kier alpha value is -3.81. The van der Waals surface area contributed by atoms with Gasteiger partial charge in [-0.25, -0.2) is 4.79 Å². The van der Waals surface area contributed by atoms with Gasteiger partial charge < -0.3 is 15.9 Å². The third-order valence-corrected chi connectivity index (χ3v) is 3.83. The standard InChI is InChI=1S/C9H6F5NO2.C9H10N2O4/c10-8(7(16)17,9(11,12)13)15(14)6-4-2-1-3-5-6;10-8(9(12)13)5-6-1-3-7(4-2-6)11(14)15/h1-5H,(H,16,17);1-4,8H,5,10H2,(H,12,13)/t2*8-/m10/s1. The van der Waals surface area contributed by atoms with Crippen LogP contribution in [0.2, 0.25) is 0 Å². The van der Waals surface area contributed by atoms with Crippen molar-refractivity contribution in [1.82, 2.24) is 0 Å². The molecule has 0 aliphatic heterocycles. The minimum atomic E-state index is -5.91. The van der Waals surface area contributed by atoms with E-state index in [0.717, 1.165) is 24.3 Å². The largest absolute Gasteiger partial charge is 0.480 e. The Labute approximate surface area is 176 Å². The molecule has 0 saturated heterocycles. The van der Waals surface area contributed by atoms with Crippen LogP contribution < -0.4 is 10.9 Å². The number of benzene rings is 2. The summed E-state index contributed by atoms with van der Waals surface area (Å²) in [5, 5.41) is 25.6. The number of para-hydroxylation sites is 1. The van der Waals surface area contributed by atoms with Crippen molar-refractivity contribution in [2.45, 2.75) is 24.4 Å². The zero-order valence-electron chi connectivity index (χ0n) is 15.9. The van der Waals surface area contributed by atoms with Gasteiger partial charge in [0.15, 0.2) is 0 Å². The summed E-state index contributed by atoms with van der Waals surface area (Å²) in [6.45, 7) is 0. The molecule has 4 N–H and O–H groups in total. The normalized spacial score (nSPS) is 13.7. The first-order valence-corrected chi connectivity index (χ1v) is 8.43. The minimum absolute atomic E-state index is 0.0253. The van der Waals surface area contributed by atoms with E-state index in [0.29, 0.717) is 5.56 Å². The number of nitrogens with two attached hydrogens (primary N) is 1. The summed E-state index contributed by atoms with van der Waals surface area (Å²) in [6, 6.07) is 9.92. The SMILES string of the molecule is N[C@@H](Cc1ccc([N+](=O)[O-])cc1)C(=O)O.O=C(O)[C@@](F)(N(F)c1ccccc1)C(F)(F)F. The molecule has 0 amide bonds. The van der Waals surface area contributed by atoms with Crippen molar-refractivity contribution in [2.75, 3.05) is 5.12 Å². The lowest BCUT2D eigenvalue weighted by Crippen LogP contribution is -2.58. The van der Waals surface area contributed by atoms with Crippen LogP contribution in [0.25, 0.3) is 0 Å². The van der Waals surface area contributed by atoms with Gasteiger partial charge in [0.25, 0.3) is 5.69 Å². The molecule has 174 valence electrons. The Morgan fingerprint density at radius 1 is 1.03 bits per heavy atom. The Kier molecular flexibility index (Phi) is 8.59. The maximum absolute atomic E-state index is 13.3. The summed E-state index contributed by atoms with van der Waals surface area (Å²) >= 11 is 0. The predicted octanol–water partition coefficient (Wildman–Crippen LogP) is 3.24. The van der Waals surface area contributed by atoms with E-state index in [1.165, 1.54) is 30.3 Å². The highest BCUT2D eigenvalue weighted by Gasteiger charge is 2.68. The summed E-state index contributed by atoms with van der Waals surface area (Å²) in [6.07, 6.45) is -5.75. The van der Waals surface area contributed by atoms with Crippen LogP contribution in [0.15, 0.2) is 54.6 Å². The maximum Gasteiger partial charge on any atom is 0.456 e. The molecule has 0 heterocycles. The monoisotopic (exact) mass is 465 g/mol. The number of nitrogens with zero attached hydrogens (tertiary/aromatic N) is 2. The number of alkyl halides is 4. The Bertz CT molecular complexity index is 942. The number of nitro benzene ring substituents is 1. The number of carboxylic acid groups (broad SMARTS) is 2. The van der Waals surface area contributed by atoms with Crippen LogP contribution in [-0.2, 0) is 16.0 Å². The van der Waals surface area contributed by atoms with Gasteiger partial charge in [-0.15, -0.1) is 0 Å². The maximum atomic E-state index is 13.3. The van der Waals surface area contributed by atoms with Gasteiger partial charge in [0.2, 0.25) is 0 Å². The quantitative estimate of drug-likeness (QED) is 0.186. The van der Waals surface area contributed by atoms with Crippen LogP contribution in [0.3, 0.4) is 0 Å². The highest BCUT2D eigenvalue weighted by Crippen LogP contribution is 2.40. The number of carboxylic acids is 2. The topological polar surface area (TPSA) is 147 Å². The van der Waals surface area contributed by atoms with Crippen molar-refractivity contribution in [1.29, 1.82) is 0 Å². The Morgan fingerprint density at radius 3 is 1.91 bits per heavy atom. The Balaban J connectivity index is 0.000000323. The molecule has 0 radical (unpaired) electrons. The molecule has 9 nitrogen and oxygen atoms in total. The molecule has 2 aromatic rings. The second-order valence-corrected chi connectivity index (χ2v) is 6.11. The van der Waals surface area contributed by atoms with Crippen molar-refractivity contribution in [2.24, 2.45) is 5.73 Å². The molecule has 2 aromatic carbocycles. The molecular weight excluding hydrogens is 449 g/mol. The van der Waals surface area contributed by atoms with Crippen molar-refractivity contribution < 1.29 is 46.8 Å². The minimum Gasteiger partial charge on any atom is -0.480 e. The van der Waals surface area contributed by atoms with E-state index in [-0.39, 0.29) is 12.1 Å². The molecule has 0 fully saturated rings. The number of non-ortho nitro benzene ring substituents is 1. The van der Waals surface area contributed by atoms with Gasteiger partial charge in [0, 0.05) is 12.1 Å². The first kappa shape index (κ1) is 26.2. The second kappa shape index (κ2) is 10.5. The van der Waals surface area contributed by atoms with Gasteiger partial charge in [-0.1, -0.05) is 34.8 Å². The summed E-state index contributed by atoms with van der Waals surface area (Å²) in [7, 11) is 0. The number of anilines is 1. The number of carbonyl (C=O) groups is 2.